The molecule has 2 aromatic carbocycles. The number of fused-ring (bicyclic) bond motifs is 2. The Morgan fingerprint density at radius 2 is 2.03 bits per heavy atom. The van der Waals surface area contributed by atoms with E-state index < -0.39 is 0 Å². The molecule has 0 unspecified atom stereocenters. The number of amides is 1. The summed E-state index contributed by atoms with van der Waals surface area (Å²) in [6.45, 7) is 0.996. The van der Waals surface area contributed by atoms with Crippen molar-refractivity contribution in [3.8, 4) is 5.75 Å². The summed E-state index contributed by atoms with van der Waals surface area (Å²) in [6.07, 6.45) is 6.55. The summed E-state index contributed by atoms with van der Waals surface area (Å²) in [6, 6.07) is 12.9. The minimum Gasteiger partial charge on any atom is -0.492 e. The van der Waals surface area contributed by atoms with Crippen molar-refractivity contribution in [2.75, 3.05) is 6.61 Å². The summed E-state index contributed by atoms with van der Waals surface area (Å²) in [5.41, 5.74) is 1.92. The highest BCUT2D eigenvalue weighted by atomic mass is 79.9. The van der Waals surface area contributed by atoms with Crippen LogP contribution in [0.25, 0.3) is 0 Å². The number of hydrogen-bond donors (Lipinski definition) is 0. The molecule has 8 heteroatoms. The summed E-state index contributed by atoms with van der Waals surface area (Å²) in [5, 5.41) is 0.985. The lowest BCUT2D eigenvalue weighted by molar-refractivity contribution is -0.118. The van der Waals surface area contributed by atoms with Crippen LogP contribution in [0.15, 0.2) is 75.3 Å². The van der Waals surface area contributed by atoms with Crippen molar-refractivity contribution in [2.45, 2.75) is 19.4 Å². The molecule has 0 aliphatic carbocycles. The van der Waals surface area contributed by atoms with Crippen LogP contribution in [-0.2, 0) is 11.3 Å². The smallest absolute Gasteiger partial charge is 0.247 e. The van der Waals surface area contributed by atoms with Gasteiger partial charge in [-0.2, -0.15) is 4.99 Å². The van der Waals surface area contributed by atoms with E-state index in [0.29, 0.717) is 41.2 Å². The van der Waals surface area contributed by atoms with Crippen molar-refractivity contribution >= 4 is 56.7 Å². The zero-order valence-corrected chi connectivity index (χ0v) is 19.5. The first-order valence-electron chi connectivity index (χ1n) is 9.68. The first-order valence-corrected chi connectivity index (χ1v) is 11.2. The molecule has 0 fully saturated rings. The van der Waals surface area contributed by atoms with Crippen molar-refractivity contribution in [3.05, 3.63) is 86.5 Å². The van der Waals surface area contributed by atoms with Gasteiger partial charge in [0.2, 0.25) is 5.91 Å². The normalized spacial score (nSPS) is 16.2. The predicted octanol–water partition coefficient (Wildman–Crippen LogP) is 6.15. The molecule has 0 spiro atoms. The monoisotopic (exact) mass is 517 g/mol. The Hall–Kier alpha value is -2.41. The van der Waals surface area contributed by atoms with Gasteiger partial charge >= 0.3 is 0 Å². The van der Waals surface area contributed by atoms with Gasteiger partial charge in [0.15, 0.2) is 5.84 Å². The third-order valence-electron chi connectivity index (χ3n) is 4.70. The van der Waals surface area contributed by atoms with Crippen molar-refractivity contribution in [1.29, 1.82) is 0 Å². The second-order valence-corrected chi connectivity index (χ2v) is 8.72. The molecule has 4 rings (SSSR count). The molecule has 0 aromatic heterocycles. The molecule has 0 atom stereocenters. The fourth-order valence-electron chi connectivity index (χ4n) is 3.22. The van der Waals surface area contributed by atoms with Crippen LogP contribution in [0, 0.1) is 0 Å². The molecule has 1 amide bonds. The zero-order chi connectivity index (χ0) is 21.8. The highest BCUT2D eigenvalue weighted by molar-refractivity contribution is 9.11. The Morgan fingerprint density at radius 3 is 2.87 bits per heavy atom. The van der Waals surface area contributed by atoms with Crippen molar-refractivity contribution in [2.24, 2.45) is 9.98 Å². The molecule has 31 heavy (non-hydrogen) atoms. The standard InChI is InChI=1S/C23H18BrCl2N3O2/c24-16-7-10-21-27-23(18-5-2-1-4-15(18)13-29(21)14-16)28-22(30)6-3-11-31-20-9-8-17(25)12-19(20)26/h1-2,4-5,7-10,12,14H,3,6,11,13H2. The van der Waals surface area contributed by atoms with E-state index in [1.165, 1.54) is 0 Å². The van der Waals surface area contributed by atoms with Crippen LogP contribution >= 0.6 is 39.1 Å². The number of amidine groups is 2. The summed E-state index contributed by atoms with van der Waals surface area (Å²) in [5.74, 6) is 1.46. The van der Waals surface area contributed by atoms with Crippen molar-refractivity contribution in [3.63, 3.8) is 0 Å². The maximum absolute atomic E-state index is 12.6. The predicted molar refractivity (Wildman–Crippen MR) is 128 cm³/mol. The van der Waals surface area contributed by atoms with E-state index in [9.17, 15) is 4.79 Å². The Morgan fingerprint density at radius 1 is 1.19 bits per heavy atom. The van der Waals surface area contributed by atoms with E-state index in [2.05, 4.69) is 25.9 Å². The van der Waals surface area contributed by atoms with Crippen LogP contribution in [0.1, 0.15) is 24.0 Å². The number of carbonyl (C=O) groups is 1. The molecule has 2 aliphatic heterocycles. The van der Waals surface area contributed by atoms with Crippen LogP contribution in [0.2, 0.25) is 10.0 Å². The molecule has 0 bridgehead atoms. The topological polar surface area (TPSA) is 54.3 Å². The Bertz CT molecular complexity index is 1140. The molecule has 0 saturated heterocycles. The van der Waals surface area contributed by atoms with Gasteiger partial charge in [-0.15, -0.1) is 0 Å². The number of ether oxygens (including phenoxy) is 1. The molecule has 0 radical (unpaired) electrons. The highest BCUT2D eigenvalue weighted by Crippen LogP contribution is 2.28. The molecule has 158 valence electrons. The highest BCUT2D eigenvalue weighted by Gasteiger charge is 2.21. The van der Waals surface area contributed by atoms with Gasteiger partial charge in [0.25, 0.3) is 0 Å². The van der Waals surface area contributed by atoms with Gasteiger partial charge in [-0.25, -0.2) is 4.99 Å². The van der Waals surface area contributed by atoms with E-state index in [1.807, 2.05) is 47.5 Å². The van der Waals surface area contributed by atoms with Gasteiger partial charge in [-0.1, -0.05) is 47.5 Å². The third-order valence-corrected chi connectivity index (χ3v) is 5.70. The molecule has 2 aliphatic rings. The van der Waals surface area contributed by atoms with Crippen LogP contribution in [0.4, 0.5) is 0 Å². The van der Waals surface area contributed by atoms with Gasteiger partial charge in [-0.3, -0.25) is 4.79 Å². The number of aliphatic imine (C=N–C) groups is 2. The summed E-state index contributed by atoms with van der Waals surface area (Å²) >= 11 is 15.5. The average Bonchev–Trinajstić information content (AvgIpc) is 2.88. The first kappa shape index (κ1) is 21.8. The van der Waals surface area contributed by atoms with E-state index >= 15 is 0 Å². The minimum absolute atomic E-state index is 0.243. The molecule has 0 saturated carbocycles. The molecule has 5 nitrogen and oxygen atoms in total. The Kier molecular flexibility index (Phi) is 6.90. The first-order chi connectivity index (χ1) is 15.0. The molecule has 0 N–H and O–H groups in total. The number of benzene rings is 2. The number of rotatable bonds is 5. The van der Waals surface area contributed by atoms with Gasteiger partial charge in [0.1, 0.15) is 11.6 Å². The number of halogens is 3. The lowest BCUT2D eigenvalue weighted by Crippen LogP contribution is -2.24. The quantitative estimate of drug-likeness (QED) is 0.446. The van der Waals surface area contributed by atoms with Crippen LogP contribution in [-0.4, -0.2) is 29.1 Å². The van der Waals surface area contributed by atoms with Crippen LogP contribution in [0.3, 0.4) is 0 Å². The molecule has 2 aromatic rings. The van der Waals surface area contributed by atoms with E-state index in [0.717, 1.165) is 21.4 Å². The summed E-state index contributed by atoms with van der Waals surface area (Å²) < 4.78 is 6.60. The molecule has 2 heterocycles. The van der Waals surface area contributed by atoms with Gasteiger partial charge in [-0.05, 0) is 58.3 Å². The van der Waals surface area contributed by atoms with E-state index in [-0.39, 0.29) is 12.3 Å². The van der Waals surface area contributed by atoms with Gasteiger partial charge in [0.05, 0.1) is 11.6 Å². The second kappa shape index (κ2) is 9.81. The summed E-state index contributed by atoms with van der Waals surface area (Å²) in [4.78, 5) is 23.6. The van der Waals surface area contributed by atoms with Crippen LogP contribution < -0.4 is 4.74 Å². The SMILES string of the molecule is O=C(CCCOc1ccc(Cl)cc1Cl)N=C1N=C2C=CC(Br)=CN2Cc2ccccc21. The van der Waals surface area contributed by atoms with Gasteiger partial charge in [0, 0.05) is 34.2 Å². The maximum atomic E-state index is 12.6. The molecular weight excluding hydrogens is 501 g/mol. The van der Waals surface area contributed by atoms with E-state index in [1.54, 1.807) is 18.2 Å². The fraction of sp³-hybridized carbons (Fsp3) is 0.174. The fourth-order valence-corrected chi connectivity index (χ4v) is 4.06. The minimum atomic E-state index is -0.245. The number of hydrogen-bond acceptors (Lipinski definition) is 3. The Balaban J connectivity index is 1.45. The molecular formula is C23H18BrCl2N3O2. The Labute approximate surface area is 198 Å². The van der Waals surface area contributed by atoms with E-state index in [4.69, 9.17) is 27.9 Å². The maximum Gasteiger partial charge on any atom is 0.247 e. The zero-order valence-electron chi connectivity index (χ0n) is 16.4. The lowest BCUT2D eigenvalue weighted by Gasteiger charge is -2.21. The number of nitrogens with zero attached hydrogens (tertiary/aromatic N) is 3. The number of allylic oxidation sites excluding steroid dienone is 2. The number of carbonyl (C=O) groups excluding carboxylic acids is 1. The van der Waals surface area contributed by atoms with Crippen molar-refractivity contribution < 1.29 is 9.53 Å². The van der Waals surface area contributed by atoms with Gasteiger partial charge < -0.3 is 9.64 Å². The van der Waals surface area contributed by atoms with Crippen molar-refractivity contribution in [1.82, 2.24) is 4.90 Å². The third kappa shape index (κ3) is 5.45. The lowest BCUT2D eigenvalue weighted by atomic mass is 10.1. The van der Waals surface area contributed by atoms with Crippen LogP contribution in [0.5, 0.6) is 5.75 Å². The summed E-state index contributed by atoms with van der Waals surface area (Å²) in [7, 11) is 0. The average molecular weight is 519 g/mol. The largest absolute Gasteiger partial charge is 0.492 e. The second-order valence-electron chi connectivity index (χ2n) is 6.96.